The van der Waals surface area contributed by atoms with E-state index in [1.54, 1.807) is 0 Å². The zero-order valence-electron chi connectivity index (χ0n) is 18.6. The monoisotopic (exact) mass is 439 g/mol. The van der Waals surface area contributed by atoms with Crippen LogP contribution < -0.4 is 21.7 Å². The van der Waals surface area contributed by atoms with E-state index in [0.717, 1.165) is 19.4 Å². The summed E-state index contributed by atoms with van der Waals surface area (Å²) in [5, 5.41) is 18.0. The van der Waals surface area contributed by atoms with Crippen LogP contribution in [0.5, 0.6) is 0 Å². The average Bonchev–Trinajstić information content (AvgIpc) is 3.42. The van der Waals surface area contributed by atoms with Crippen molar-refractivity contribution in [3.05, 3.63) is 0 Å². The number of likely N-dealkylation sites (tertiary alicyclic amines) is 1. The van der Waals surface area contributed by atoms with Gasteiger partial charge in [0.25, 0.3) is 0 Å². The molecule has 4 unspecified atom stereocenters. The number of unbranched alkanes of at least 4 members (excludes halogenated alkanes) is 1. The molecule has 0 aromatic rings. The number of nitrogens with one attached hydrogen (secondary N) is 3. The van der Waals surface area contributed by atoms with Gasteiger partial charge in [-0.05, 0) is 64.0 Å². The minimum absolute atomic E-state index is 0.148. The predicted molar refractivity (Wildman–Crippen MR) is 115 cm³/mol. The zero-order chi connectivity index (χ0) is 23.0. The minimum Gasteiger partial charge on any atom is -0.480 e. The maximum Gasteiger partial charge on any atom is 0.326 e. The Balaban J connectivity index is 2.03. The van der Waals surface area contributed by atoms with Crippen molar-refractivity contribution >= 4 is 23.7 Å². The van der Waals surface area contributed by atoms with Crippen LogP contribution in [0.2, 0.25) is 0 Å². The van der Waals surface area contributed by atoms with E-state index >= 15 is 0 Å². The first kappa shape index (κ1) is 25.1. The highest BCUT2D eigenvalue weighted by Gasteiger charge is 2.40. The highest BCUT2D eigenvalue weighted by atomic mass is 16.4. The molecule has 0 aliphatic carbocycles. The van der Waals surface area contributed by atoms with Crippen molar-refractivity contribution in [3.8, 4) is 0 Å². The van der Waals surface area contributed by atoms with Gasteiger partial charge in [-0.3, -0.25) is 14.4 Å². The number of rotatable bonds is 11. The maximum absolute atomic E-state index is 13.3. The summed E-state index contributed by atoms with van der Waals surface area (Å²) >= 11 is 0. The molecule has 0 bridgehead atoms. The van der Waals surface area contributed by atoms with Gasteiger partial charge in [0.1, 0.15) is 18.1 Å². The van der Waals surface area contributed by atoms with E-state index in [1.165, 1.54) is 4.90 Å². The molecule has 0 aromatic carbocycles. The van der Waals surface area contributed by atoms with Gasteiger partial charge in [-0.2, -0.15) is 0 Å². The van der Waals surface area contributed by atoms with Crippen LogP contribution in [0.3, 0.4) is 0 Å². The van der Waals surface area contributed by atoms with Crippen LogP contribution in [-0.4, -0.2) is 77.5 Å². The summed E-state index contributed by atoms with van der Waals surface area (Å²) in [6, 6.07) is -2.77. The van der Waals surface area contributed by atoms with Gasteiger partial charge in [-0.15, -0.1) is 0 Å². The standard InChI is InChI=1S/C21H37N5O5/c1-13(2)17(25-18(27)14-8-5-11-23-14)20(29)26-12-6-9-16(26)19(28)24-15(21(30)31)7-3-4-10-22/h13-17,23H,3-12,22H2,1-2H3,(H,24,28)(H,25,27)(H,30,31). The lowest BCUT2D eigenvalue weighted by molar-refractivity contribution is -0.145. The first-order valence-electron chi connectivity index (χ1n) is 11.3. The van der Waals surface area contributed by atoms with E-state index in [-0.39, 0.29) is 30.2 Å². The van der Waals surface area contributed by atoms with Crippen molar-refractivity contribution in [1.29, 1.82) is 0 Å². The summed E-state index contributed by atoms with van der Waals surface area (Å²) in [4.78, 5) is 51.7. The second-order valence-electron chi connectivity index (χ2n) is 8.75. The van der Waals surface area contributed by atoms with Crippen LogP contribution in [-0.2, 0) is 19.2 Å². The van der Waals surface area contributed by atoms with E-state index in [9.17, 15) is 24.3 Å². The Labute approximate surface area is 183 Å². The highest BCUT2D eigenvalue weighted by Crippen LogP contribution is 2.21. The fraction of sp³-hybridized carbons (Fsp3) is 0.810. The van der Waals surface area contributed by atoms with Gasteiger partial charge in [0.15, 0.2) is 0 Å². The van der Waals surface area contributed by atoms with E-state index in [2.05, 4.69) is 16.0 Å². The topological polar surface area (TPSA) is 154 Å². The first-order chi connectivity index (χ1) is 14.8. The lowest BCUT2D eigenvalue weighted by Crippen LogP contribution is -2.58. The Kier molecular flexibility index (Phi) is 9.70. The van der Waals surface area contributed by atoms with Gasteiger partial charge in [-0.1, -0.05) is 13.8 Å². The molecule has 2 aliphatic rings. The van der Waals surface area contributed by atoms with Gasteiger partial charge in [0, 0.05) is 6.54 Å². The number of nitrogens with two attached hydrogens (primary N) is 1. The smallest absolute Gasteiger partial charge is 0.326 e. The second-order valence-corrected chi connectivity index (χ2v) is 8.75. The Bertz CT molecular complexity index is 650. The van der Waals surface area contributed by atoms with Crippen molar-refractivity contribution in [3.63, 3.8) is 0 Å². The Morgan fingerprint density at radius 1 is 1.10 bits per heavy atom. The molecule has 3 amide bonds. The van der Waals surface area contributed by atoms with Gasteiger partial charge in [-0.25, -0.2) is 4.79 Å². The summed E-state index contributed by atoms with van der Waals surface area (Å²) in [5.41, 5.74) is 5.46. The molecular formula is C21H37N5O5. The average molecular weight is 440 g/mol. The number of carbonyl (C=O) groups excluding carboxylic acids is 3. The number of nitrogens with zero attached hydrogens (tertiary/aromatic N) is 1. The summed E-state index contributed by atoms with van der Waals surface area (Å²) in [5.74, 6) is -2.20. The van der Waals surface area contributed by atoms with Crippen LogP contribution in [0.1, 0.15) is 58.8 Å². The SMILES string of the molecule is CC(C)C(NC(=O)C1CCCN1)C(=O)N1CCCC1C(=O)NC(CCCCN)C(=O)O. The molecular weight excluding hydrogens is 402 g/mol. The quantitative estimate of drug-likeness (QED) is 0.274. The minimum atomic E-state index is -1.10. The number of hydrogen-bond acceptors (Lipinski definition) is 6. The molecule has 0 radical (unpaired) electrons. The molecule has 2 aliphatic heterocycles. The third-order valence-electron chi connectivity index (χ3n) is 6.01. The predicted octanol–water partition coefficient (Wildman–Crippen LogP) is -0.431. The summed E-state index contributed by atoms with van der Waals surface area (Å²) < 4.78 is 0. The van der Waals surface area contributed by atoms with Crippen LogP contribution in [0.4, 0.5) is 0 Å². The molecule has 2 fully saturated rings. The Morgan fingerprint density at radius 3 is 2.42 bits per heavy atom. The fourth-order valence-electron chi connectivity index (χ4n) is 4.18. The molecule has 176 valence electrons. The molecule has 0 spiro atoms. The van der Waals surface area contributed by atoms with Crippen molar-refractivity contribution in [2.45, 2.75) is 83.0 Å². The number of carboxylic acids is 1. The highest BCUT2D eigenvalue weighted by molar-refractivity contribution is 5.94. The summed E-state index contributed by atoms with van der Waals surface area (Å²) in [7, 11) is 0. The molecule has 10 heteroatoms. The second kappa shape index (κ2) is 12.0. The molecule has 4 atom stereocenters. The Hall–Kier alpha value is -2.20. The van der Waals surface area contributed by atoms with Crippen molar-refractivity contribution < 1.29 is 24.3 Å². The van der Waals surface area contributed by atoms with E-state index in [0.29, 0.717) is 38.8 Å². The summed E-state index contributed by atoms with van der Waals surface area (Å²) in [6.45, 7) is 5.36. The van der Waals surface area contributed by atoms with Crippen molar-refractivity contribution in [1.82, 2.24) is 20.9 Å². The van der Waals surface area contributed by atoms with Gasteiger partial charge < -0.3 is 31.7 Å². The Morgan fingerprint density at radius 2 is 1.84 bits per heavy atom. The fourth-order valence-corrected chi connectivity index (χ4v) is 4.18. The number of amides is 3. The normalized spacial score (nSPS) is 22.9. The van der Waals surface area contributed by atoms with Gasteiger partial charge in [0.05, 0.1) is 6.04 Å². The van der Waals surface area contributed by atoms with Crippen molar-refractivity contribution in [2.24, 2.45) is 11.7 Å². The summed E-state index contributed by atoms with van der Waals surface area (Å²) in [6.07, 6.45) is 4.34. The van der Waals surface area contributed by atoms with Crippen LogP contribution in [0.25, 0.3) is 0 Å². The third kappa shape index (κ3) is 6.90. The van der Waals surface area contributed by atoms with Gasteiger partial charge >= 0.3 is 5.97 Å². The van der Waals surface area contributed by atoms with E-state index in [4.69, 9.17) is 5.73 Å². The lowest BCUT2D eigenvalue weighted by atomic mass is 10.0. The zero-order valence-corrected chi connectivity index (χ0v) is 18.6. The van der Waals surface area contributed by atoms with Crippen LogP contribution >= 0.6 is 0 Å². The largest absolute Gasteiger partial charge is 0.480 e. The molecule has 0 aromatic heterocycles. The van der Waals surface area contributed by atoms with Crippen LogP contribution in [0, 0.1) is 5.92 Å². The van der Waals surface area contributed by atoms with E-state index < -0.39 is 30.0 Å². The number of carbonyl (C=O) groups is 4. The van der Waals surface area contributed by atoms with Crippen molar-refractivity contribution in [2.75, 3.05) is 19.6 Å². The molecule has 10 nitrogen and oxygen atoms in total. The molecule has 31 heavy (non-hydrogen) atoms. The van der Waals surface area contributed by atoms with Gasteiger partial charge in [0.2, 0.25) is 17.7 Å². The molecule has 6 N–H and O–H groups in total. The molecule has 2 heterocycles. The molecule has 2 rings (SSSR count). The molecule has 0 saturated carbocycles. The van der Waals surface area contributed by atoms with E-state index in [1.807, 2.05) is 13.8 Å². The number of aliphatic carboxylic acids is 1. The lowest BCUT2D eigenvalue weighted by Gasteiger charge is -2.31. The third-order valence-corrected chi connectivity index (χ3v) is 6.01. The molecule has 2 saturated heterocycles. The number of hydrogen-bond donors (Lipinski definition) is 5. The van der Waals surface area contributed by atoms with Crippen LogP contribution in [0.15, 0.2) is 0 Å². The first-order valence-corrected chi connectivity index (χ1v) is 11.3. The number of carboxylic acid groups (broad SMARTS) is 1. The maximum atomic E-state index is 13.3.